The predicted molar refractivity (Wildman–Crippen MR) is 68.9 cm³/mol. The van der Waals surface area contributed by atoms with Crippen molar-refractivity contribution in [1.29, 1.82) is 0 Å². The van der Waals surface area contributed by atoms with Gasteiger partial charge in [-0.25, -0.2) is 0 Å². The molecule has 0 rings (SSSR count). The summed E-state index contributed by atoms with van der Waals surface area (Å²) >= 11 is 11.7. The van der Waals surface area contributed by atoms with Gasteiger partial charge in [-0.15, -0.1) is 23.2 Å². The maximum absolute atomic E-state index is 5.87. The fourth-order valence-corrected chi connectivity index (χ4v) is 1.54. The quantitative estimate of drug-likeness (QED) is 0.462. The van der Waals surface area contributed by atoms with Gasteiger partial charge in [0.2, 0.25) is 0 Å². The summed E-state index contributed by atoms with van der Waals surface area (Å²) in [7, 11) is 0. The van der Waals surface area contributed by atoms with Gasteiger partial charge >= 0.3 is 0 Å². The molecule has 92 valence electrons. The van der Waals surface area contributed by atoms with Crippen molar-refractivity contribution in [2.24, 2.45) is 0 Å². The standard InChI is InChI=1S/C12H24Cl2O/c1-11(2,3)15-10-8-6-5-7-9-12(4,13)14/h5-10H2,1-4H3. The van der Waals surface area contributed by atoms with Crippen molar-refractivity contribution in [3.63, 3.8) is 0 Å². The van der Waals surface area contributed by atoms with Crippen molar-refractivity contribution in [1.82, 2.24) is 0 Å². The second-order valence-electron chi connectivity index (χ2n) is 5.20. The highest BCUT2D eigenvalue weighted by Crippen LogP contribution is 2.26. The Morgan fingerprint density at radius 1 is 0.867 bits per heavy atom. The van der Waals surface area contributed by atoms with Crippen LogP contribution in [0.15, 0.2) is 0 Å². The number of alkyl halides is 2. The fraction of sp³-hybridized carbons (Fsp3) is 1.00. The van der Waals surface area contributed by atoms with Crippen LogP contribution < -0.4 is 0 Å². The van der Waals surface area contributed by atoms with Gasteiger partial charge in [0.15, 0.2) is 0 Å². The molecule has 0 aromatic rings. The highest BCUT2D eigenvalue weighted by Gasteiger charge is 2.14. The van der Waals surface area contributed by atoms with Gasteiger partial charge in [-0.1, -0.05) is 19.3 Å². The highest BCUT2D eigenvalue weighted by molar-refractivity contribution is 6.48. The first kappa shape index (κ1) is 15.5. The van der Waals surface area contributed by atoms with E-state index >= 15 is 0 Å². The van der Waals surface area contributed by atoms with Crippen molar-refractivity contribution in [3.05, 3.63) is 0 Å². The van der Waals surface area contributed by atoms with E-state index in [4.69, 9.17) is 27.9 Å². The Hall–Kier alpha value is 0.540. The summed E-state index contributed by atoms with van der Waals surface area (Å²) in [6, 6.07) is 0. The summed E-state index contributed by atoms with van der Waals surface area (Å²) in [5.41, 5.74) is -0.00908. The molecule has 0 bridgehead atoms. The van der Waals surface area contributed by atoms with Crippen LogP contribution in [-0.2, 0) is 4.74 Å². The molecule has 0 atom stereocenters. The van der Waals surface area contributed by atoms with Crippen LogP contribution in [-0.4, -0.2) is 16.5 Å². The Morgan fingerprint density at radius 3 is 1.87 bits per heavy atom. The van der Waals surface area contributed by atoms with E-state index in [0.717, 1.165) is 25.9 Å². The number of halogens is 2. The van der Waals surface area contributed by atoms with Crippen LogP contribution in [0.1, 0.15) is 59.8 Å². The third-order valence-corrected chi connectivity index (χ3v) is 2.42. The third kappa shape index (κ3) is 14.5. The normalized spacial score (nSPS) is 13.2. The van der Waals surface area contributed by atoms with Crippen molar-refractivity contribution in [3.8, 4) is 0 Å². The molecule has 0 radical (unpaired) electrons. The zero-order chi connectivity index (χ0) is 11.9. The monoisotopic (exact) mass is 254 g/mol. The van der Waals surface area contributed by atoms with Gasteiger partial charge in [0, 0.05) is 6.61 Å². The minimum atomic E-state index is -0.554. The Labute approximate surface area is 104 Å². The van der Waals surface area contributed by atoms with Gasteiger partial charge in [-0.3, -0.25) is 0 Å². The van der Waals surface area contributed by atoms with Gasteiger partial charge < -0.3 is 4.74 Å². The van der Waals surface area contributed by atoms with E-state index in [9.17, 15) is 0 Å². The lowest BCUT2D eigenvalue weighted by Crippen LogP contribution is -2.19. The maximum atomic E-state index is 5.87. The molecular weight excluding hydrogens is 231 g/mol. The lowest BCUT2D eigenvalue weighted by atomic mass is 10.1. The van der Waals surface area contributed by atoms with Crippen LogP contribution in [0.3, 0.4) is 0 Å². The van der Waals surface area contributed by atoms with Crippen molar-refractivity contribution in [2.45, 2.75) is 69.7 Å². The number of rotatable bonds is 7. The number of ether oxygens (including phenoxy) is 1. The summed E-state index contributed by atoms with van der Waals surface area (Å²) in [6.07, 6.45) is 5.47. The van der Waals surface area contributed by atoms with E-state index in [0.29, 0.717) is 0 Å². The Kier molecular flexibility index (Phi) is 7.23. The van der Waals surface area contributed by atoms with Gasteiger partial charge in [-0.05, 0) is 40.5 Å². The molecule has 0 unspecified atom stereocenters. The molecular formula is C12H24Cl2O. The zero-order valence-corrected chi connectivity index (χ0v) is 11.9. The van der Waals surface area contributed by atoms with Crippen LogP contribution in [0, 0.1) is 0 Å². The Morgan fingerprint density at radius 2 is 1.40 bits per heavy atom. The summed E-state index contributed by atoms with van der Waals surface area (Å²) in [6.45, 7) is 8.94. The minimum Gasteiger partial charge on any atom is -0.376 e. The van der Waals surface area contributed by atoms with Crippen molar-refractivity contribution >= 4 is 23.2 Å². The summed E-state index contributed by atoms with van der Waals surface area (Å²) in [5, 5.41) is 0. The molecule has 0 aliphatic carbocycles. The molecule has 0 aliphatic rings. The molecule has 0 N–H and O–H groups in total. The predicted octanol–water partition coefficient (Wildman–Crippen LogP) is 4.95. The molecule has 0 aliphatic heterocycles. The van der Waals surface area contributed by atoms with Gasteiger partial charge in [-0.2, -0.15) is 0 Å². The lowest BCUT2D eigenvalue weighted by Gasteiger charge is -2.19. The van der Waals surface area contributed by atoms with Crippen LogP contribution in [0.2, 0.25) is 0 Å². The maximum Gasteiger partial charge on any atom is 0.115 e. The smallest absolute Gasteiger partial charge is 0.115 e. The van der Waals surface area contributed by atoms with Gasteiger partial charge in [0.25, 0.3) is 0 Å². The first-order chi connectivity index (χ1) is 6.71. The van der Waals surface area contributed by atoms with E-state index in [2.05, 4.69) is 20.8 Å². The van der Waals surface area contributed by atoms with Crippen LogP contribution in [0.5, 0.6) is 0 Å². The molecule has 0 aromatic carbocycles. The highest BCUT2D eigenvalue weighted by atomic mass is 35.5. The average molecular weight is 255 g/mol. The molecule has 15 heavy (non-hydrogen) atoms. The molecule has 3 heteroatoms. The minimum absolute atomic E-state index is 0.00908. The van der Waals surface area contributed by atoms with E-state index in [1.54, 1.807) is 0 Å². The van der Waals surface area contributed by atoms with E-state index < -0.39 is 4.33 Å². The number of unbranched alkanes of at least 4 members (excludes halogenated alkanes) is 3. The zero-order valence-electron chi connectivity index (χ0n) is 10.4. The molecule has 1 nitrogen and oxygen atoms in total. The second kappa shape index (κ2) is 6.98. The van der Waals surface area contributed by atoms with Crippen molar-refractivity contribution < 1.29 is 4.74 Å². The molecule has 0 saturated carbocycles. The van der Waals surface area contributed by atoms with E-state index in [-0.39, 0.29) is 5.60 Å². The van der Waals surface area contributed by atoms with E-state index in [1.807, 2.05) is 6.92 Å². The van der Waals surface area contributed by atoms with Crippen LogP contribution >= 0.6 is 23.2 Å². The first-order valence-electron chi connectivity index (χ1n) is 5.72. The average Bonchev–Trinajstić information content (AvgIpc) is 1.98. The molecule has 0 heterocycles. The number of hydrogen-bond donors (Lipinski definition) is 0. The van der Waals surface area contributed by atoms with Crippen molar-refractivity contribution in [2.75, 3.05) is 6.61 Å². The second-order valence-corrected chi connectivity index (χ2v) is 7.06. The molecule has 0 amide bonds. The largest absolute Gasteiger partial charge is 0.376 e. The summed E-state index contributed by atoms with van der Waals surface area (Å²) in [4.78, 5) is 0. The van der Waals surface area contributed by atoms with E-state index in [1.165, 1.54) is 12.8 Å². The molecule has 0 spiro atoms. The number of hydrogen-bond acceptors (Lipinski definition) is 1. The lowest BCUT2D eigenvalue weighted by molar-refractivity contribution is -0.00474. The van der Waals surface area contributed by atoms with Crippen LogP contribution in [0.4, 0.5) is 0 Å². The van der Waals surface area contributed by atoms with Gasteiger partial charge in [0.1, 0.15) is 4.33 Å². The van der Waals surface area contributed by atoms with Gasteiger partial charge in [0.05, 0.1) is 5.60 Å². The van der Waals surface area contributed by atoms with Crippen LogP contribution in [0.25, 0.3) is 0 Å². The Bertz CT molecular complexity index is 138. The first-order valence-corrected chi connectivity index (χ1v) is 6.48. The molecule has 0 aromatic heterocycles. The third-order valence-electron chi connectivity index (χ3n) is 2.05. The molecule has 0 saturated heterocycles. The Balaban J connectivity index is 3.20. The summed E-state index contributed by atoms with van der Waals surface area (Å²) in [5.74, 6) is 0. The molecule has 0 fully saturated rings. The summed E-state index contributed by atoms with van der Waals surface area (Å²) < 4.78 is 5.07. The fourth-order valence-electron chi connectivity index (χ4n) is 1.27. The SMILES string of the molecule is CC(Cl)(Cl)CCCCCCOC(C)(C)C. The topological polar surface area (TPSA) is 9.23 Å².